The molecule has 1 aliphatic rings. The van der Waals surface area contributed by atoms with Crippen LogP contribution in [-0.2, 0) is 4.74 Å². The molecule has 15 heavy (non-hydrogen) atoms. The molecule has 0 aromatic heterocycles. The lowest BCUT2D eigenvalue weighted by atomic mass is 9.98. The van der Waals surface area contributed by atoms with Crippen LogP contribution in [0.15, 0.2) is 0 Å². The fourth-order valence-corrected chi connectivity index (χ4v) is 1.78. The molecular formula is C11H24N2O2. The predicted octanol–water partition coefficient (Wildman–Crippen LogP) is 0.197. The third-order valence-corrected chi connectivity index (χ3v) is 3.18. The average Bonchev–Trinajstić information content (AvgIpc) is 2.16. The van der Waals surface area contributed by atoms with Gasteiger partial charge >= 0.3 is 0 Å². The number of hydrogen-bond donors (Lipinski definition) is 2. The van der Waals surface area contributed by atoms with Crippen molar-refractivity contribution in [2.24, 2.45) is 5.73 Å². The summed E-state index contributed by atoms with van der Waals surface area (Å²) < 4.78 is 5.44. The Hall–Kier alpha value is -0.160. The van der Waals surface area contributed by atoms with E-state index >= 15 is 0 Å². The number of morpholine rings is 1. The number of nitrogens with two attached hydrogens (primary N) is 1. The van der Waals surface area contributed by atoms with Gasteiger partial charge in [-0.2, -0.15) is 0 Å². The molecule has 1 aliphatic heterocycles. The van der Waals surface area contributed by atoms with Crippen LogP contribution in [0.3, 0.4) is 0 Å². The fraction of sp³-hybridized carbons (Fsp3) is 1.00. The van der Waals surface area contributed by atoms with Crippen molar-refractivity contribution in [3.8, 4) is 0 Å². The standard InChI is InChI=1S/C11H24N2O2/c1-10(2)9-15-7-6-13(10)5-4-11(3,14)8-12/h14H,4-9,12H2,1-3H3. The van der Waals surface area contributed by atoms with Crippen LogP contribution in [0.2, 0.25) is 0 Å². The minimum absolute atomic E-state index is 0.0723. The van der Waals surface area contributed by atoms with Gasteiger partial charge in [0, 0.05) is 25.2 Å². The van der Waals surface area contributed by atoms with Crippen LogP contribution in [0.5, 0.6) is 0 Å². The van der Waals surface area contributed by atoms with Gasteiger partial charge in [-0.25, -0.2) is 0 Å². The molecule has 1 fully saturated rings. The second kappa shape index (κ2) is 4.78. The van der Waals surface area contributed by atoms with Gasteiger partial charge in [0.1, 0.15) is 0 Å². The Kier molecular flexibility index (Phi) is 4.12. The Labute approximate surface area is 92.4 Å². The summed E-state index contributed by atoms with van der Waals surface area (Å²) in [5.41, 5.74) is 4.83. The topological polar surface area (TPSA) is 58.7 Å². The maximum Gasteiger partial charge on any atom is 0.0753 e. The van der Waals surface area contributed by atoms with Gasteiger partial charge < -0.3 is 15.6 Å². The summed E-state index contributed by atoms with van der Waals surface area (Å²) in [6, 6.07) is 0. The first-order chi connectivity index (χ1) is 6.87. The summed E-state index contributed by atoms with van der Waals surface area (Å²) >= 11 is 0. The van der Waals surface area contributed by atoms with E-state index < -0.39 is 5.60 Å². The van der Waals surface area contributed by atoms with Crippen LogP contribution in [-0.4, -0.2) is 54.0 Å². The van der Waals surface area contributed by atoms with Crippen LogP contribution < -0.4 is 5.73 Å². The van der Waals surface area contributed by atoms with Crippen LogP contribution in [0, 0.1) is 0 Å². The minimum Gasteiger partial charge on any atom is -0.389 e. The summed E-state index contributed by atoms with van der Waals surface area (Å²) in [5.74, 6) is 0. The van der Waals surface area contributed by atoms with E-state index in [-0.39, 0.29) is 5.54 Å². The normalized spacial score (nSPS) is 26.2. The van der Waals surface area contributed by atoms with Gasteiger partial charge in [-0.1, -0.05) is 0 Å². The lowest BCUT2D eigenvalue weighted by Crippen LogP contribution is -2.54. The molecule has 90 valence electrons. The van der Waals surface area contributed by atoms with Crippen molar-refractivity contribution in [3.63, 3.8) is 0 Å². The summed E-state index contributed by atoms with van der Waals surface area (Å²) in [6.07, 6.45) is 0.715. The highest BCUT2D eigenvalue weighted by molar-refractivity contribution is 4.86. The molecule has 1 heterocycles. The van der Waals surface area contributed by atoms with Gasteiger partial charge in [0.2, 0.25) is 0 Å². The smallest absolute Gasteiger partial charge is 0.0753 e. The van der Waals surface area contributed by atoms with Crippen molar-refractivity contribution in [2.45, 2.75) is 38.3 Å². The van der Waals surface area contributed by atoms with Gasteiger partial charge in [-0.05, 0) is 27.2 Å². The SMILES string of the molecule is CC(O)(CN)CCN1CCOCC1(C)C. The van der Waals surface area contributed by atoms with E-state index in [1.54, 1.807) is 6.92 Å². The number of hydrogen-bond acceptors (Lipinski definition) is 4. The summed E-state index contributed by atoms with van der Waals surface area (Å²) in [4.78, 5) is 2.36. The molecule has 3 N–H and O–H groups in total. The maximum atomic E-state index is 9.84. The quantitative estimate of drug-likeness (QED) is 0.704. The van der Waals surface area contributed by atoms with E-state index in [0.717, 1.165) is 26.3 Å². The zero-order chi connectivity index (χ0) is 11.5. The predicted molar refractivity (Wildman–Crippen MR) is 60.8 cm³/mol. The van der Waals surface area contributed by atoms with E-state index in [2.05, 4.69) is 18.7 Å². The van der Waals surface area contributed by atoms with Crippen LogP contribution in [0.4, 0.5) is 0 Å². The number of aliphatic hydroxyl groups is 1. The highest BCUT2D eigenvalue weighted by atomic mass is 16.5. The number of nitrogens with zero attached hydrogens (tertiary/aromatic N) is 1. The largest absolute Gasteiger partial charge is 0.389 e. The van der Waals surface area contributed by atoms with Crippen molar-refractivity contribution in [1.82, 2.24) is 4.90 Å². The van der Waals surface area contributed by atoms with Crippen molar-refractivity contribution in [3.05, 3.63) is 0 Å². The Morgan fingerprint density at radius 2 is 2.20 bits per heavy atom. The van der Waals surface area contributed by atoms with E-state index in [1.807, 2.05) is 0 Å². The van der Waals surface area contributed by atoms with E-state index in [1.165, 1.54) is 0 Å². The Bertz CT molecular complexity index is 205. The van der Waals surface area contributed by atoms with Gasteiger partial charge in [-0.3, -0.25) is 4.90 Å². The monoisotopic (exact) mass is 216 g/mol. The van der Waals surface area contributed by atoms with Crippen molar-refractivity contribution in [2.75, 3.05) is 32.8 Å². The molecule has 1 saturated heterocycles. The van der Waals surface area contributed by atoms with Crippen molar-refractivity contribution < 1.29 is 9.84 Å². The van der Waals surface area contributed by atoms with E-state index in [4.69, 9.17) is 10.5 Å². The lowest BCUT2D eigenvalue weighted by Gasteiger charge is -2.43. The molecule has 0 aromatic carbocycles. The summed E-state index contributed by atoms with van der Waals surface area (Å²) in [5, 5.41) is 9.84. The molecule has 1 rings (SSSR count). The molecule has 0 bridgehead atoms. The van der Waals surface area contributed by atoms with Gasteiger partial charge in [0.15, 0.2) is 0 Å². The molecule has 0 saturated carbocycles. The Morgan fingerprint density at radius 3 is 2.73 bits per heavy atom. The van der Waals surface area contributed by atoms with E-state index in [0.29, 0.717) is 13.0 Å². The lowest BCUT2D eigenvalue weighted by molar-refractivity contribution is -0.0611. The molecule has 1 atom stereocenters. The number of ether oxygens (including phenoxy) is 1. The Balaban J connectivity index is 2.43. The molecule has 0 amide bonds. The first kappa shape index (κ1) is 12.9. The number of rotatable bonds is 4. The highest BCUT2D eigenvalue weighted by Gasteiger charge is 2.31. The molecule has 0 spiro atoms. The molecule has 1 unspecified atom stereocenters. The molecule has 0 radical (unpaired) electrons. The second-order valence-electron chi connectivity index (χ2n) is 5.30. The first-order valence-electron chi connectivity index (χ1n) is 5.63. The zero-order valence-electron chi connectivity index (χ0n) is 10.1. The molecular weight excluding hydrogens is 192 g/mol. The second-order valence-corrected chi connectivity index (χ2v) is 5.30. The van der Waals surface area contributed by atoms with Gasteiger partial charge in [0.25, 0.3) is 0 Å². The molecule has 4 nitrogen and oxygen atoms in total. The molecule has 0 aliphatic carbocycles. The van der Waals surface area contributed by atoms with Crippen LogP contribution >= 0.6 is 0 Å². The third-order valence-electron chi connectivity index (χ3n) is 3.18. The molecule has 4 heteroatoms. The van der Waals surface area contributed by atoms with Crippen molar-refractivity contribution in [1.29, 1.82) is 0 Å². The van der Waals surface area contributed by atoms with Crippen molar-refractivity contribution >= 4 is 0 Å². The zero-order valence-corrected chi connectivity index (χ0v) is 10.1. The summed E-state index contributed by atoms with van der Waals surface area (Å²) in [6.45, 7) is 9.81. The third kappa shape index (κ3) is 3.72. The highest BCUT2D eigenvalue weighted by Crippen LogP contribution is 2.20. The van der Waals surface area contributed by atoms with Crippen LogP contribution in [0.25, 0.3) is 0 Å². The van der Waals surface area contributed by atoms with Crippen LogP contribution in [0.1, 0.15) is 27.2 Å². The van der Waals surface area contributed by atoms with Gasteiger partial charge in [-0.15, -0.1) is 0 Å². The maximum absolute atomic E-state index is 9.84. The van der Waals surface area contributed by atoms with E-state index in [9.17, 15) is 5.11 Å². The first-order valence-corrected chi connectivity index (χ1v) is 5.63. The summed E-state index contributed by atoms with van der Waals surface area (Å²) in [7, 11) is 0. The average molecular weight is 216 g/mol. The minimum atomic E-state index is -0.742. The van der Waals surface area contributed by atoms with Gasteiger partial charge in [0.05, 0.1) is 18.8 Å². The molecule has 0 aromatic rings. The fourth-order valence-electron chi connectivity index (χ4n) is 1.78. The Morgan fingerprint density at radius 1 is 1.53 bits per heavy atom.